The summed E-state index contributed by atoms with van der Waals surface area (Å²) in [6, 6.07) is 21.4. The molecule has 0 fully saturated rings. The van der Waals surface area contributed by atoms with E-state index in [0.29, 0.717) is 33.9 Å². The summed E-state index contributed by atoms with van der Waals surface area (Å²) in [5.41, 5.74) is 1.52. The molecule has 2 heterocycles. The summed E-state index contributed by atoms with van der Waals surface area (Å²) in [5.74, 6) is 1.56. The van der Waals surface area contributed by atoms with Gasteiger partial charge in [-0.05, 0) is 29.8 Å². The zero-order valence-electron chi connectivity index (χ0n) is 16.4. The molecule has 3 aromatic carbocycles. The predicted octanol–water partition coefficient (Wildman–Crippen LogP) is 3.82. The van der Waals surface area contributed by atoms with Crippen molar-refractivity contribution in [3.8, 4) is 11.5 Å². The van der Waals surface area contributed by atoms with Crippen LogP contribution in [0.3, 0.4) is 0 Å². The minimum absolute atomic E-state index is 0.153. The zero-order chi connectivity index (χ0) is 21.2. The van der Waals surface area contributed by atoms with Crippen LogP contribution in [0.4, 0.5) is 16.3 Å². The Morgan fingerprint density at radius 3 is 2.58 bits per heavy atom. The molecule has 0 bridgehead atoms. The molecule has 8 heteroatoms. The van der Waals surface area contributed by atoms with Crippen molar-refractivity contribution >= 4 is 28.4 Å². The maximum Gasteiger partial charge on any atom is 0.350 e. The highest BCUT2D eigenvalue weighted by atomic mass is 16.7. The lowest BCUT2D eigenvalue weighted by Crippen LogP contribution is -2.30. The lowest BCUT2D eigenvalue weighted by molar-refractivity contribution is 0.174. The molecule has 0 saturated heterocycles. The number of rotatable bonds is 4. The number of benzene rings is 3. The topological polar surface area (TPSA) is 94.5 Å². The molecule has 0 atom stereocenters. The second-order valence-corrected chi connectivity index (χ2v) is 6.98. The largest absolute Gasteiger partial charge is 0.454 e. The Kier molecular flexibility index (Phi) is 4.72. The van der Waals surface area contributed by atoms with E-state index in [4.69, 9.17) is 9.47 Å². The van der Waals surface area contributed by atoms with Gasteiger partial charge in [0.25, 0.3) is 0 Å². The molecule has 4 aromatic rings. The summed E-state index contributed by atoms with van der Waals surface area (Å²) >= 11 is 0. The fourth-order valence-corrected chi connectivity index (χ4v) is 3.47. The number of hydrogen-bond donors (Lipinski definition) is 2. The van der Waals surface area contributed by atoms with Gasteiger partial charge in [-0.15, -0.1) is 0 Å². The number of carbonyl (C=O) groups excluding carboxylic acids is 1. The molecule has 0 spiro atoms. The zero-order valence-corrected chi connectivity index (χ0v) is 16.4. The SMILES string of the molecule is O=C(Nc1ccc2c(c1)OCO2)Nc1c2ccccc2nc(=O)n1Cc1ccccc1. The van der Waals surface area contributed by atoms with Gasteiger partial charge < -0.3 is 14.8 Å². The third kappa shape index (κ3) is 3.78. The summed E-state index contributed by atoms with van der Waals surface area (Å²) in [6.45, 7) is 0.427. The minimum Gasteiger partial charge on any atom is -0.454 e. The van der Waals surface area contributed by atoms with Crippen molar-refractivity contribution in [2.45, 2.75) is 6.54 Å². The van der Waals surface area contributed by atoms with E-state index >= 15 is 0 Å². The number of para-hydroxylation sites is 1. The quantitative estimate of drug-likeness (QED) is 0.529. The van der Waals surface area contributed by atoms with E-state index in [1.165, 1.54) is 4.57 Å². The summed E-state index contributed by atoms with van der Waals surface area (Å²) in [5, 5.41) is 6.27. The van der Waals surface area contributed by atoms with Crippen molar-refractivity contribution in [2.24, 2.45) is 0 Å². The average molecular weight is 414 g/mol. The van der Waals surface area contributed by atoms with Crippen LogP contribution in [-0.2, 0) is 6.54 Å². The lowest BCUT2D eigenvalue weighted by atomic mass is 10.2. The molecule has 154 valence electrons. The highest BCUT2D eigenvalue weighted by molar-refractivity contribution is 6.04. The molecule has 0 aliphatic carbocycles. The Bertz CT molecular complexity index is 1330. The van der Waals surface area contributed by atoms with Crippen LogP contribution in [0, 0.1) is 0 Å². The van der Waals surface area contributed by atoms with Crippen LogP contribution < -0.4 is 25.8 Å². The van der Waals surface area contributed by atoms with Crippen molar-refractivity contribution in [3.05, 3.63) is 88.8 Å². The van der Waals surface area contributed by atoms with Crippen molar-refractivity contribution in [2.75, 3.05) is 17.4 Å². The monoisotopic (exact) mass is 414 g/mol. The Hall–Kier alpha value is -4.33. The van der Waals surface area contributed by atoms with E-state index in [2.05, 4.69) is 15.6 Å². The summed E-state index contributed by atoms with van der Waals surface area (Å²) in [6.07, 6.45) is 0. The van der Waals surface area contributed by atoms with Gasteiger partial charge in [-0.1, -0.05) is 42.5 Å². The molecule has 1 aromatic heterocycles. The van der Waals surface area contributed by atoms with Crippen LogP contribution in [0.15, 0.2) is 77.6 Å². The number of anilines is 2. The Labute approximate surface area is 177 Å². The van der Waals surface area contributed by atoms with Crippen molar-refractivity contribution < 1.29 is 14.3 Å². The normalized spacial score (nSPS) is 12.0. The van der Waals surface area contributed by atoms with Gasteiger partial charge in [0.05, 0.1) is 12.1 Å². The van der Waals surface area contributed by atoms with Gasteiger partial charge in [0.1, 0.15) is 5.82 Å². The maximum atomic E-state index is 12.8. The van der Waals surface area contributed by atoms with Crippen molar-refractivity contribution in [1.29, 1.82) is 0 Å². The standard InChI is InChI=1S/C23H18N4O4/c28-22(24-16-10-11-19-20(12-16)31-14-30-19)26-21-17-8-4-5-9-18(17)25-23(29)27(21)13-15-6-2-1-3-7-15/h1-12H,13-14H2,(H2,24,26,28). The molecule has 1 aliphatic heterocycles. The van der Waals surface area contributed by atoms with Gasteiger partial charge in [0.15, 0.2) is 11.5 Å². The third-order valence-electron chi connectivity index (χ3n) is 4.92. The maximum absolute atomic E-state index is 12.8. The Balaban J connectivity index is 1.49. The Morgan fingerprint density at radius 2 is 1.71 bits per heavy atom. The van der Waals surface area contributed by atoms with Crippen molar-refractivity contribution in [1.82, 2.24) is 9.55 Å². The molecule has 2 amide bonds. The number of nitrogens with zero attached hydrogens (tertiary/aromatic N) is 2. The molecule has 8 nitrogen and oxygen atoms in total. The van der Waals surface area contributed by atoms with Gasteiger partial charge in [0, 0.05) is 17.1 Å². The highest BCUT2D eigenvalue weighted by Gasteiger charge is 2.17. The number of amides is 2. The fourth-order valence-electron chi connectivity index (χ4n) is 3.47. The molecule has 0 unspecified atom stereocenters. The van der Waals surface area contributed by atoms with Gasteiger partial charge in [0.2, 0.25) is 6.79 Å². The van der Waals surface area contributed by atoms with Gasteiger partial charge >= 0.3 is 11.7 Å². The molecule has 5 rings (SSSR count). The van der Waals surface area contributed by atoms with Gasteiger partial charge in [-0.2, -0.15) is 4.98 Å². The summed E-state index contributed by atoms with van der Waals surface area (Å²) < 4.78 is 12.1. The molecule has 0 saturated carbocycles. The Morgan fingerprint density at radius 1 is 0.935 bits per heavy atom. The fraction of sp³-hybridized carbons (Fsp3) is 0.0870. The van der Waals surface area contributed by atoms with Gasteiger partial charge in [-0.25, -0.2) is 9.59 Å². The van der Waals surface area contributed by atoms with Crippen LogP contribution in [0.25, 0.3) is 10.9 Å². The van der Waals surface area contributed by atoms with Crippen LogP contribution in [0.2, 0.25) is 0 Å². The number of fused-ring (bicyclic) bond motifs is 2. The summed E-state index contributed by atoms with van der Waals surface area (Å²) in [7, 11) is 0. The van der Waals surface area contributed by atoms with E-state index in [9.17, 15) is 9.59 Å². The first-order valence-electron chi connectivity index (χ1n) is 9.68. The first-order valence-corrected chi connectivity index (χ1v) is 9.68. The van der Waals surface area contributed by atoms with Crippen LogP contribution in [0.1, 0.15) is 5.56 Å². The van der Waals surface area contributed by atoms with Gasteiger partial charge in [-0.3, -0.25) is 9.88 Å². The van der Waals surface area contributed by atoms with Crippen LogP contribution in [0.5, 0.6) is 11.5 Å². The first-order chi connectivity index (χ1) is 15.2. The molecule has 31 heavy (non-hydrogen) atoms. The smallest absolute Gasteiger partial charge is 0.350 e. The minimum atomic E-state index is -0.489. The molecule has 2 N–H and O–H groups in total. The highest BCUT2D eigenvalue weighted by Crippen LogP contribution is 2.34. The number of hydrogen-bond acceptors (Lipinski definition) is 5. The first kappa shape index (κ1) is 18.7. The number of urea groups is 1. The molecular formula is C23H18N4O4. The average Bonchev–Trinajstić information content (AvgIpc) is 3.25. The van der Waals surface area contributed by atoms with Crippen LogP contribution in [-0.4, -0.2) is 22.4 Å². The molecular weight excluding hydrogens is 396 g/mol. The number of nitrogens with one attached hydrogen (secondary N) is 2. The number of aromatic nitrogens is 2. The van der Waals surface area contributed by atoms with Crippen LogP contribution >= 0.6 is 0 Å². The van der Waals surface area contributed by atoms with E-state index < -0.39 is 11.7 Å². The second kappa shape index (κ2) is 7.83. The lowest BCUT2D eigenvalue weighted by Gasteiger charge is -2.16. The van der Waals surface area contributed by atoms with Crippen molar-refractivity contribution in [3.63, 3.8) is 0 Å². The summed E-state index contributed by atoms with van der Waals surface area (Å²) in [4.78, 5) is 29.8. The van der Waals surface area contributed by atoms with E-state index in [0.717, 1.165) is 5.56 Å². The van der Waals surface area contributed by atoms with E-state index in [1.807, 2.05) is 42.5 Å². The van der Waals surface area contributed by atoms with E-state index in [-0.39, 0.29) is 13.3 Å². The molecule has 1 aliphatic rings. The molecule has 0 radical (unpaired) electrons. The number of carbonyl (C=O) groups is 1. The predicted molar refractivity (Wildman–Crippen MR) is 117 cm³/mol. The third-order valence-corrected chi connectivity index (χ3v) is 4.92. The van der Waals surface area contributed by atoms with E-state index in [1.54, 1.807) is 30.3 Å². The number of ether oxygens (including phenoxy) is 2. The second-order valence-electron chi connectivity index (χ2n) is 6.98.